The Balaban J connectivity index is 1.34. The standard InChI is InChI=1S/C17H22N2O/c20-17(15-11-13-10-14(13)12-15)19-8-6-18(7-9-19)16-4-2-1-3-5-16/h1-5,13-15H,6-12H2. The van der Waals surface area contributed by atoms with Gasteiger partial charge >= 0.3 is 0 Å². The van der Waals surface area contributed by atoms with Crippen molar-refractivity contribution >= 4 is 11.6 Å². The average molecular weight is 270 g/mol. The van der Waals surface area contributed by atoms with Gasteiger partial charge in [0, 0.05) is 37.8 Å². The summed E-state index contributed by atoms with van der Waals surface area (Å²) in [4.78, 5) is 17.0. The lowest BCUT2D eigenvalue weighted by Crippen LogP contribution is -2.50. The Kier molecular flexibility index (Phi) is 2.94. The highest BCUT2D eigenvalue weighted by Crippen LogP contribution is 2.54. The van der Waals surface area contributed by atoms with Gasteiger partial charge in [-0.25, -0.2) is 0 Å². The summed E-state index contributed by atoms with van der Waals surface area (Å²) in [6.07, 6.45) is 3.73. The van der Waals surface area contributed by atoms with Gasteiger partial charge in [0.1, 0.15) is 0 Å². The predicted octanol–water partition coefficient (Wildman–Crippen LogP) is 2.38. The highest BCUT2D eigenvalue weighted by atomic mass is 16.2. The van der Waals surface area contributed by atoms with E-state index in [0.29, 0.717) is 11.8 Å². The number of carbonyl (C=O) groups is 1. The monoisotopic (exact) mass is 270 g/mol. The van der Waals surface area contributed by atoms with Gasteiger partial charge < -0.3 is 9.80 Å². The van der Waals surface area contributed by atoms with Crippen LogP contribution in [0.4, 0.5) is 5.69 Å². The van der Waals surface area contributed by atoms with Crippen LogP contribution in [-0.4, -0.2) is 37.0 Å². The van der Waals surface area contributed by atoms with Gasteiger partial charge in [0.2, 0.25) is 5.91 Å². The molecule has 0 bridgehead atoms. The van der Waals surface area contributed by atoms with Gasteiger partial charge in [-0.05, 0) is 43.2 Å². The van der Waals surface area contributed by atoms with Gasteiger partial charge in [-0.15, -0.1) is 0 Å². The highest BCUT2D eigenvalue weighted by Gasteiger charge is 2.48. The maximum atomic E-state index is 12.5. The lowest BCUT2D eigenvalue weighted by atomic mass is 10.0. The van der Waals surface area contributed by atoms with Gasteiger partial charge in [0.25, 0.3) is 0 Å². The number of anilines is 1. The number of carbonyl (C=O) groups excluding carboxylic acids is 1. The fourth-order valence-corrected chi connectivity index (χ4v) is 4.00. The van der Waals surface area contributed by atoms with Crippen LogP contribution in [0.3, 0.4) is 0 Å². The number of fused-ring (bicyclic) bond motifs is 1. The molecule has 0 aromatic heterocycles. The molecule has 1 saturated heterocycles. The first-order valence-corrected chi connectivity index (χ1v) is 7.90. The van der Waals surface area contributed by atoms with E-state index in [-0.39, 0.29) is 0 Å². The molecular weight excluding hydrogens is 248 g/mol. The number of amides is 1. The topological polar surface area (TPSA) is 23.6 Å². The molecule has 1 heterocycles. The van der Waals surface area contributed by atoms with E-state index in [1.807, 2.05) is 0 Å². The van der Waals surface area contributed by atoms with Crippen molar-refractivity contribution in [3.63, 3.8) is 0 Å². The molecule has 0 radical (unpaired) electrons. The van der Waals surface area contributed by atoms with Crippen LogP contribution in [0.15, 0.2) is 30.3 Å². The fourth-order valence-electron chi connectivity index (χ4n) is 4.00. The second-order valence-corrected chi connectivity index (χ2v) is 6.57. The van der Waals surface area contributed by atoms with Crippen molar-refractivity contribution in [1.82, 2.24) is 4.90 Å². The zero-order valence-corrected chi connectivity index (χ0v) is 11.9. The molecule has 3 heteroatoms. The molecule has 20 heavy (non-hydrogen) atoms. The molecule has 3 nitrogen and oxygen atoms in total. The SMILES string of the molecule is O=C(C1CC2CC2C1)N1CCN(c2ccccc2)CC1. The lowest BCUT2D eigenvalue weighted by molar-refractivity contribution is -0.136. The van der Waals surface area contributed by atoms with Crippen LogP contribution in [0, 0.1) is 17.8 Å². The smallest absolute Gasteiger partial charge is 0.225 e. The number of benzene rings is 1. The molecule has 3 fully saturated rings. The second-order valence-electron chi connectivity index (χ2n) is 6.57. The quantitative estimate of drug-likeness (QED) is 0.824. The summed E-state index contributed by atoms with van der Waals surface area (Å²) in [5.41, 5.74) is 1.28. The molecule has 4 rings (SSSR count). The molecule has 1 aromatic carbocycles. The molecule has 0 spiro atoms. The molecule has 106 valence electrons. The van der Waals surface area contributed by atoms with E-state index in [1.54, 1.807) is 0 Å². The number of piperazine rings is 1. The van der Waals surface area contributed by atoms with Crippen molar-refractivity contribution < 1.29 is 4.79 Å². The summed E-state index contributed by atoms with van der Waals surface area (Å²) >= 11 is 0. The van der Waals surface area contributed by atoms with E-state index in [1.165, 1.54) is 24.9 Å². The van der Waals surface area contributed by atoms with Crippen molar-refractivity contribution in [2.45, 2.75) is 19.3 Å². The Morgan fingerprint density at radius 1 is 0.900 bits per heavy atom. The van der Waals surface area contributed by atoms with Gasteiger partial charge in [0.05, 0.1) is 0 Å². The Labute approximate surface area is 120 Å². The molecule has 2 aliphatic carbocycles. The van der Waals surface area contributed by atoms with Crippen molar-refractivity contribution in [3.8, 4) is 0 Å². The number of para-hydroxylation sites is 1. The molecular formula is C17H22N2O. The van der Waals surface area contributed by atoms with E-state index in [4.69, 9.17) is 0 Å². The molecule has 3 aliphatic rings. The Hall–Kier alpha value is -1.51. The lowest BCUT2D eigenvalue weighted by Gasteiger charge is -2.37. The number of hydrogen-bond acceptors (Lipinski definition) is 2. The van der Waals surface area contributed by atoms with E-state index in [0.717, 1.165) is 38.0 Å². The van der Waals surface area contributed by atoms with E-state index in [9.17, 15) is 4.79 Å². The van der Waals surface area contributed by atoms with Crippen molar-refractivity contribution in [3.05, 3.63) is 30.3 Å². The van der Waals surface area contributed by atoms with Crippen molar-refractivity contribution in [2.24, 2.45) is 17.8 Å². The highest BCUT2D eigenvalue weighted by molar-refractivity contribution is 5.79. The minimum Gasteiger partial charge on any atom is -0.368 e. The number of hydrogen-bond donors (Lipinski definition) is 0. The molecule has 2 unspecified atom stereocenters. The normalized spacial score (nSPS) is 32.1. The number of rotatable bonds is 2. The summed E-state index contributed by atoms with van der Waals surface area (Å²) in [7, 11) is 0. The average Bonchev–Trinajstić information content (AvgIpc) is 3.13. The maximum Gasteiger partial charge on any atom is 0.225 e. The van der Waals surface area contributed by atoms with Crippen molar-refractivity contribution in [1.29, 1.82) is 0 Å². The van der Waals surface area contributed by atoms with Crippen LogP contribution in [0.1, 0.15) is 19.3 Å². The third kappa shape index (κ3) is 2.19. The van der Waals surface area contributed by atoms with E-state index >= 15 is 0 Å². The Bertz CT molecular complexity index is 483. The minimum atomic E-state index is 0.349. The van der Waals surface area contributed by atoms with E-state index in [2.05, 4.69) is 40.1 Å². The maximum absolute atomic E-state index is 12.5. The second kappa shape index (κ2) is 4.80. The molecule has 1 aromatic rings. The summed E-state index contributed by atoms with van der Waals surface area (Å²) < 4.78 is 0. The van der Waals surface area contributed by atoms with Gasteiger partial charge in [-0.3, -0.25) is 4.79 Å². The number of nitrogens with zero attached hydrogens (tertiary/aromatic N) is 2. The summed E-state index contributed by atoms with van der Waals surface area (Å²) in [6, 6.07) is 10.5. The first kappa shape index (κ1) is 12.2. The largest absolute Gasteiger partial charge is 0.368 e. The van der Waals surface area contributed by atoms with Crippen molar-refractivity contribution in [2.75, 3.05) is 31.1 Å². The zero-order chi connectivity index (χ0) is 13.5. The Morgan fingerprint density at radius 3 is 2.20 bits per heavy atom. The third-order valence-electron chi connectivity index (χ3n) is 5.31. The predicted molar refractivity (Wildman–Crippen MR) is 79.6 cm³/mol. The molecule has 2 atom stereocenters. The van der Waals surface area contributed by atoms with Crippen LogP contribution in [-0.2, 0) is 4.79 Å². The van der Waals surface area contributed by atoms with Gasteiger partial charge in [0.15, 0.2) is 0 Å². The summed E-state index contributed by atoms with van der Waals surface area (Å²) in [5, 5.41) is 0. The van der Waals surface area contributed by atoms with Crippen LogP contribution < -0.4 is 4.90 Å². The minimum absolute atomic E-state index is 0.349. The van der Waals surface area contributed by atoms with Crippen LogP contribution >= 0.6 is 0 Å². The first-order valence-electron chi connectivity index (χ1n) is 7.90. The van der Waals surface area contributed by atoms with Crippen LogP contribution in [0.5, 0.6) is 0 Å². The van der Waals surface area contributed by atoms with Gasteiger partial charge in [-0.1, -0.05) is 18.2 Å². The molecule has 2 saturated carbocycles. The summed E-state index contributed by atoms with van der Waals surface area (Å²) in [6.45, 7) is 3.71. The van der Waals surface area contributed by atoms with Gasteiger partial charge in [-0.2, -0.15) is 0 Å². The third-order valence-corrected chi connectivity index (χ3v) is 5.31. The first-order chi connectivity index (χ1) is 9.81. The van der Waals surface area contributed by atoms with E-state index < -0.39 is 0 Å². The molecule has 0 N–H and O–H groups in total. The molecule has 1 amide bonds. The van der Waals surface area contributed by atoms with Crippen LogP contribution in [0.2, 0.25) is 0 Å². The van der Waals surface area contributed by atoms with Crippen LogP contribution in [0.25, 0.3) is 0 Å². The Morgan fingerprint density at radius 2 is 1.55 bits per heavy atom. The summed E-state index contributed by atoms with van der Waals surface area (Å²) in [5.74, 6) is 2.58. The molecule has 1 aliphatic heterocycles. The zero-order valence-electron chi connectivity index (χ0n) is 11.9. The fraction of sp³-hybridized carbons (Fsp3) is 0.588.